The van der Waals surface area contributed by atoms with Crippen LogP contribution in [0, 0.1) is 10.6 Å². The fourth-order valence-corrected chi connectivity index (χ4v) is 3.05. The highest BCUT2D eigenvalue weighted by molar-refractivity contribution is 6.07. The predicted molar refractivity (Wildman–Crippen MR) is 118 cm³/mol. The summed E-state index contributed by atoms with van der Waals surface area (Å²) in [7, 11) is 0. The van der Waals surface area contributed by atoms with E-state index in [2.05, 4.69) is 10.6 Å². The van der Waals surface area contributed by atoms with Crippen LogP contribution >= 0.6 is 0 Å². The van der Waals surface area contributed by atoms with Crippen LogP contribution in [0.15, 0.2) is 54.6 Å². The van der Waals surface area contributed by atoms with Crippen LogP contribution in [-0.4, -0.2) is 28.8 Å². The molecular weight excluding hydrogens is 400 g/mol. The molecule has 10 nitrogen and oxygen atoms in total. The molecule has 0 fully saturated rings. The second-order valence-electron chi connectivity index (χ2n) is 6.77. The van der Waals surface area contributed by atoms with Gasteiger partial charge in [-0.3, -0.25) is 25.9 Å². The van der Waals surface area contributed by atoms with E-state index < -0.39 is 11.9 Å². The third-order valence-electron chi connectivity index (χ3n) is 4.41. The van der Waals surface area contributed by atoms with Crippen molar-refractivity contribution in [3.63, 3.8) is 0 Å². The lowest BCUT2D eigenvalue weighted by molar-refractivity contribution is -0.374. The van der Waals surface area contributed by atoms with Crippen LogP contribution < -0.4 is 27.3 Å². The minimum Gasteiger partial charge on any atom is -0.747 e. The van der Waals surface area contributed by atoms with Crippen LogP contribution in [0.5, 0.6) is 0 Å². The van der Waals surface area contributed by atoms with Gasteiger partial charge in [-0.25, -0.2) is 5.32 Å². The van der Waals surface area contributed by atoms with Gasteiger partial charge in [-0.05, 0) is 52.7 Å². The van der Waals surface area contributed by atoms with Gasteiger partial charge in [-0.2, -0.15) is 0 Å². The van der Waals surface area contributed by atoms with Crippen molar-refractivity contribution in [3.8, 4) is 0 Å². The summed E-state index contributed by atoms with van der Waals surface area (Å²) in [6.07, 6.45) is -0.311. The number of hydrogen-bond acceptors (Lipinski definition) is 4. The number of hydrogen-bond donors (Lipinski definition) is 7. The molecule has 0 aromatic heterocycles. The third-order valence-corrected chi connectivity index (χ3v) is 4.41. The average Bonchev–Trinajstić information content (AvgIpc) is 2.72. The molecule has 0 heterocycles. The summed E-state index contributed by atoms with van der Waals surface area (Å²) >= 11 is 0. The highest BCUT2D eigenvalue weighted by Crippen LogP contribution is 2.22. The number of carboxylic acids is 1. The number of rotatable bonds is 6. The summed E-state index contributed by atoms with van der Waals surface area (Å²) in [5.41, 5.74) is 12.9. The van der Waals surface area contributed by atoms with Crippen molar-refractivity contribution in [2.24, 2.45) is 11.5 Å². The molecule has 31 heavy (non-hydrogen) atoms. The number of carboxylic acid groups (broad SMARTS) is 1. The third kappa shape index (κ3) is 5.26. The van der Waals surface area contributed by atoms with Crippen molar-refractivity contribution in [3.05, 3.63) is 76.5 Å². The topological polar surface area (TPSA) is 191 Å². The first-order valence-corrected chi connectivity index (χ1v) is 9.08. The zero-order valence-electron chi connectivity index (χ0n) is 16.2. The van der Waals surface area contributed by atoms with E-state index in [0.717, 1.165) is 10.8 Å². The number of benzene rings is 3. The lowest BCUT2D eigenvalue weighted by atomic mass is 10.0. The van der Waals surface area contributed by atoms with E-state index >= 15 is 0 Å². The van der Waals surface area contributed by atoms with E-state index in [1.54, 1.807) is 36.4 Å². The number of nitrogens with two attached hydrogens (primary N) is 2. The Balaban J connectivity index is 1.89. The highest BCUT2D eigenvalue weighted by atomic mass is 16.4. The van der Waals surface area contributed by atoms with Crippen LogP contribution in [0.4, 0.5) is 11.4 Å². The summed E-state index contributed by atoms with van der Waals surface area (Å²) in [5, 5.41) is 35.8. The van der Waals surface area contributed by atoms with Gasteiger partial charge in [0, 0.05) is 16.8 Å². The zero-order chi connectivity index (χ0) is 22.5. The van der Waals surface area contributed by atoms with Gasteiger partial charge in [0.05, 0.1) is 6.42 Å². The number of nitrogen functional groups attached to an aromatic ring is 1. The maximum Gasteiger partial charge on any atom is 0.346 e. The molecule has 3 rings (SSSR count). The van der Waals surface area contributed by atoms with Crippen LogP contribution in [0.1, 0.15) is 21.5 Å². The number of amides is 1. The average molecular weight is 420 g/mol. The Kier molecular flexibility index (Phi) is 6.01. The number of carbonyl (C=O) groups excluding carboxylic acids is 1. The molecule has 10 heteroatoms. The molecule has 1 amide bonds. The standard InChI is InChI=1S/C21H20N6O4/c22-19(23)14-2-1-13-9-16(4-3-12(13)8-14)25-20(30)15-5-11(7-18(28)29)6-17(10-15)26-21(24)27-31/h1-6,8-10,26-27H,7,24H2,(H5-,22,23,25,28,29,30,31)/b27-21+. The second kappa shape index (κ2) is 8.82. The smallest absolute Gasteiger partial charge is 0.346 e. The summed E-state index contributed by atoms with van der Waals surface area (Å²) in [4.78, 5) is 23.9. The van der Waals surface area contributed by atoms with Crippen LogP contribution in [0.3, 0.4) is 0 Å². The molecule has 0 spiro atoms. The van der Waals surface area contributed by atoms with Gasteiger partial charge < -0.3 is 21.4 Å². The molecule has 0 radical (unpaired) electrons. The Hall–Kier alpha value is -4.60. The van der Waals surface area contributed by atoms with Crippen LogP contribution in [0.2, 0.25) is 0 Å². The highest BCUT2D eigenvalue weighted by Gasteiger charge is 2.13. The first-order valence-electron chi connectivity index (χ1n) is 9.08. The maximum atomic E-state index is 12.8. The monoisotopic (exact) mass is 420 g/mol. The van der Waals surface area contributed by atoms with E-state index in [1.165, 1.54) is 23.4 Å². The molecular formula is C21H20N6O4. The van der Waals surface area contributed by atoms with E-state index in [-0.39, 0.29) is 23.8 Å². The maximum absolute atomic E-state index is 12.8. The number of guanidine groups is 1. The molecule has 0 saturated heterocycles. The number of aliphatic carboxylic acids is 1. The Morgan fingerprint density at radius 2 is 1.65 bits per heavy atom. The summed E-state index contributed by atoms with van der Waals surface area (Å²) in [5.74, 6) is -1.86. The van der Waals surface area contributed by atoms with Gasteiger partial charge in [-0.15, -0.1) is 0 Å². The molecule has 0 bridgehead atoms. The molecule has 0 aliphatic rings. The quantitative estimate of drug-likeness (QED) is 0.129. The first-order chi connectivity index (χ1) is 14.7. The Labute approximate surface area is 176 Å². The van der Waals surface area contributed by atoms with Gasteiger partial charge in [0.15, 0.2) is 0 Å². The zero-order valence-corrected chi connectivity index (χ0v) is 16.2. The van der Waals surface area contributed by atoms with E-state index in [4.69, 9.17) is 22.0 Å². The minimum atomic E-state index is -1.07. The number of amidine groups is 1. The normalized spacial score (nSPS) is 11.2. The van der Waals surface area contributed by atoms with Gasteiger partial charge >= 0.3 is 11.9 Å². The Morgan fingerprint density at radius 1 is 0.935 bits per heavy atom. The SMILES string of the molecule is N=C(N)c1ccc2cc(NC(=O)c3cc(CC(=O)O)cc(N/C(N)=[NH+]/[O-])c3)ccc2c1. The molecule has 3 aromatic rings. The summed E-state index contributed by atoms with van der Waals surface area (Å²) < 4.78 is 0. The van der Waals surface area contributed by atoms with Gasteiger partial charge in [-0.1, -0.05) is 18.2 Å². The molecule has 0 atom stereocenters. The van der Waals surface area contributed by atoms with Crippen molar-refractivity contribution in [1.29, 1.82) is 5.41 Å². The molecule has 0 unspecified atom stereocenters. The van der Waals surface area contributed by atoms with E-state index in [1.807, 2.05) is 0 Å². The van der Waals surface area contributed by atoms with Crippen molar-refractivity contribution in [1.82, 2.24) is 0 Å². The van der Waals surface area contributed by atoms with Crippen molar-refractivity contribution in [2.45, 2.75) is 6.42 Å². The Bertz CT molecular complexity index is 1220. The van der Waals surface area contributed by atoms with Crippen molar-refractivity contribution in [2.75, 3.05) is 10.6 Å². The fourth-order valence-electron chi connectivity index (χ4n) is 3.05. The molecule has 3 aromatic carbocycles. The summed E-state index contributed by atoms with van der Waals surface area (Å²) in [6, 6.07) is 14.9. The van der Waals surface area contributed by atoms with E-state index in [9.17, 15) is 14.8 Å². The molecule has 0 aliphatic carbocycles. The minimum absolute atomic E-state index is 0.0324. The Morgan fingerprint density at radius 3 is 2.32 bits per heavy atom. The number of carbonyl (C=O) groups is 2. The lowest BCUT2D eigenvalue weighted by Crippen LogP contribution is -2.70. The number of fused-ring (bicyclic) bond motifs is 1. The van der Waals surface area contributed by atoms with Crippen molar-refractivity contribution >= 4 is 45.8 Å². The number of nitrogens with one attached hydrogen (secondary N) is 4. The fraction of sp³-hybridized carbons (Fsp3) is 0.0476. The predicted octanol–water partition coefficient (Wildman–Crippen LogP) is 0.308. The van der Waals surface area contributed by atoms with Crippen LogP contribution in [0.25, 0.3) is 10.8 Å². The van der Waals surface area contributed by atoms with Gasteiger partial charge in [0.25, 0.3) is 5.91 Å². The van der Waals surface area contributed by atoms with Gasteiger partial charge in [0.2, 0.25) is 0 Å². The molecule has 9 N–H and O–H groups in total. The lowest BCUT2D eigenvalue weighted by Gasteiger charge is -2.10. The van der Waals surface area contributed by atoms with E-state index in [0.29, 0.717) is 22.5 Å². The molecule has 158 valence electrons. The second-order valence-corrected chi connectivity index (χ2v) is 6.77. The first kappa shape index (κ1) is 21.1. The number of anilines is 2. The molecule has 0 saturated carbocycles. The van der Waals surface area contributed by atoms with Crippen molar-refractivity contribution < 1.29 is 19.9 Å². The largest absolute Gasteiger partial charge is 0.747 e. The molecule has 0 aliphatic heterocycles. The summed E-state index contributed by atoms with van der Waals surface area (Å²) in [6.45, 7) is 0. The van der Waals surface area contributed by atoms with Gasteiger partial charge in [0.1, 0.15) is 11.5 Å². The van der Waals surface area contributed by atoms with Crippen LogP contribution in [-0.2, 0) is 11.2 Å².